The average Bonchev–Trinajstić information content (AvgIpc) is 2.98. The van der Waals surface area contributed by atoms with E-state index in [1.165, 1.54) is 33.0 Å². The minimum Gasteiger partial charge on any atom is -0.303 e. The highest BCUT2D eigenvalue weighted by molar-refractivity contribution is 7.12. The lowest BCUT2D eigenvalue weighted by Crippen LogP contribution is -2.24. The Bertz CT molecular complexity index is 499. The fraction of sp³-hybridized carbons (Fsp3) is 0.500. The van der Waals surface area contributed by atoms with Gasteiger partial charge in [-0.1, -0.05) is 19.4 Å². The molecule has 0 amide bonds. The van der Waals surface area contributed by atoms with E-state index in [9.17, 15) is 0 Å². The first-order valence-electron chi connectivity index (χ1n) is 6.98. The molecular formula is C16H23NS2. The molecular weight excluding hydrogens is 270 g/mol. The van der Waals surface area contributed by atoms with Crippen molar-refractivity contribution in [1.82, 2.24) is 5.32 Å². The highest BCUT2D eigenvalue weighted by Crippen LogP contribution is 2.30. The SMILES string of the molecule is CCCC(NC(C)c1cc(C)sc1C)c1cccs1. The van der Waals surface area contributed by atoms with Crippen LogP contribution < -0.4 is 5.32 Å². The van der Waals surface area contributed by atoms with Crippen LogP contribution in [0.2, 0.25) is 0 Å². The topological polar surface area (TPSA) is 12.0 Å². The molecule has 0 aromatic carbocycles. The predicted molar refractivity (Wildman–Crippen MR) is 87.3 cm³/mol. The Kier molecular flexibility index (Phi) is 5.20. The van der Waals surface area contributed by atoms with Crippen molar-refractivity contribution in [2.24, 2.45) is 0 Å². The first-order valence-corrected chi connectivity index (χ1v) is 8.67. The van der Waals surface area contributed by atoms with E-state index in [1.807, 2.05) is 22.7 Å². The minimum absolute atomic E-state index is 0.420. The minimum atomic E-state index is 0.420. The zero-order valence-corrected chi connectivity index (χ0v) is 13.8. The van der Waals surface area contributed by atoms with Crippen molar-refractivity contribution in [3.8, 4) is 0 Å². The summed E-state index contributed by atoms with van der Waals surface area (Å²) in [5, 5.41) is 5.98. The van der Waals surface area contributed by atoms with E-state index in [-0.39, 0.29) is 0 Å². The number of aryl methyl sites for hydroxylation is 2. The molecule has 0 aliphatic carbocycles. The fourth-order valence-electron chi connectivity index (χ4n) is 2.56. The van der Waals surface area contributed by atoms with Gasteiger partial charge in [-0.25, -0.2) is 0 Å². The van der Waals surface area contributed by atoms with E-state index in [4.69, 9.17) is 0 Å². The Labute approximate surface area is 124 Å². The van der Waals surface area contributed by atoms with Crippen LogP contribution in [-0.2, 0) is 0 Å². The van der Waals surface area contributed by atoms with Gasteiger partial charge in [-0.15, -0.1) is 22.7 Å². The van der Waals surface area contributed by atoms with Gasteiger partial charge in [0.05, 0.1) is 0 Å². The molecule has 0 saturated carbocycles. The maximum atomic E-state index is 3.81. The number of nitrogens with one attached hydrogen (secondary N) is 1. The molecule has 1 nitrogen and oxygen atoms in total. The van der Waals surface area contributed by atoms with Crippen LogP contribution in [0.1, 0.15) is 59.0 Å². The van der Waals surface area contributed by atoms with Gasteiger partial charge in [-0.2, -0.15) is 0 Å². The number of hydrogen-bond donors (Lipinski definition) is 1. The second kappa shape index (κ2) is 6.69. The van der Waals surface area contributed by atoms with Crippen LogP contribution in [0.5, 0.6) is 0 Å². The molecule has 19 heavy (non-hydrogen) atoms. The Hall–Kier alpha value is -0.640. The molecule has 0 radical (unpaired) electrons. The quantitative estimate of drug-likeness (QED) is 0.729. The fourth-order valence-corrected chi connectivity index (χ4v) is 4.40. The second-order valence-electron chi connectivity index (χ2n) is 5.11. The molecule has 0 aliphatic heterocycles. The molecule has 0 spiro atoms. The third-order valence-electron chi connectivity index (χ3n) is 3.46. The standard InChI is InChI=1S/C16H23NS2/c1-5-7-15(16-8-6-9-18-16)17-12(3)14-10-11(2)19-13(14)4/h6,8-10,12,15,17H,5,7H2,1-4H3. The van der Waals surface area contributed by atoms with Crippen LogP contribution in [0.4, 0.5) is 0 Å². The molecule has 2 atom stereocenters. The molecule has 1 N–H and O–H groups in total. The van der Waals surface area contributed by atoms with Gasteiger partial charge in [0.1, 0.15) is 0 Å². The first-order chi connectivity index (χ1) is 9.11. The van der Waals surface area contributed by atoms with E-state index in [2.05, 4.69) is 56.6 Å². The molecule has 2 heterocycles. The lowest BCUT2D eigenvalue weighted by atomic mass is 10.1. The summed E-state index contributed by atoms with van der Waals surface area (Å²) in [5.41, 5.74) is 1.46. The highest BCUT2D eigenvalue weighted by atomic mass is 32.1. The lowest BCUT2D eigenvalue weighted by Gasteiger charge is -2.22. The molecule has 2 aromatic heterocycles. The number of hydrogen-bond acceptors (Lipinski definition) is 3. The molecule has 2 aromatic rings. The van der Waals surface area contributed by atoms with E-state index < -0.39 is 0 Å². The van der Waals surface area contributed by atoms with Gasteiger partial charge in [0.2, 0.25) is 0 Å². The van der Waals surface area contributed by atoms with E-state index in [1.54, 1.807) is 0 Å². The van der Waals surface area contributed by atoms with Gasteiger partial charge in [0.15, 0.2) is 0 Å². The van der Waals surface area contributed by atoms with Gasteiger partial charge < -0.3 is 5.32 Å². The van der Waals surface area contributed by atoms with Crippen LogP contribution in [0.25, 0.3) is 0 Å². The molecule has 104 valence electrons. The Morgan fingerprint density at radius 2 is 2.11 bits per heavy atom. The predicted octanol–water partition coefficient (Wildman–Crippen LogP) is 5.62. The van der Waals surface area contributed by atoms with Crippen LogP contribution in [0.3, 0.4) is 0 Å². The monoisotopic (exact) mass is 293 g/mol. The summed E-state index contributed by atoms with van der Waals surface area (Å²) in [6, 6.07) is 7.63. The molecule has 3 heteroatoms. The molecule has 2 unspecified atom stereocenters. The van der Waals surface area contributed by atoms with Gasteiger partial charge in [-0.05, 0) is 50.3 Å². The maximum absolute atomic E-state index is 3.81. The van der Waals surface area contributed by atoms with Crippen LogP contribution in [-0.4, -0.2) is 0 Å². The van der Waals surface area contributed by atoms with Gasteiger partial charge in [0, 0.05) is 26.7 Å². The van der Waals surface area contributed by atoms with Crippen molar-refractivity contribution in [3.05, 3.63) is 43.8 Å². The summed E-state index contributed by atoms with van der Waals surface area (Å²) < 4.78 is 0. The number of thiophene rings is 2. The summed E-state index contributed by atoms with van der Waals surface area (Å²) in [4.78, 5) is 4.31. The Morgan fingerprint density at radius 3 is 2.63 bits per heavy atom. The van der Waals surface area contributed by atoms with Gasteiger partial charge in [-0.3, -0.25) is 0 Å². The largest absolute Gasteiger partial charge is 0.303 e. The summed E-state index contributed by atoms with van der Waals surface area (Å²) in [6.07, 6.45) is 2.41. The Morgan fingerprint density at radius 1 is 1.32 bits per heavy atom. The van der Waals surface area contributed by atoms with Crippen LogP contribution in [0, 0.1) is 13.8 Å². The van der Waals surface area contributed by atoms with Crippen molar-refractivity contribution >= 4 is 22.7 Å². The highest BCUT2D eigenvalue weighted by Gasteiger charge is 2.17. The van der Waals surface area contributed by atoms with Gasteiger partial charge >= 0.3 is 0 Å². The van der Waals surface area contributed by atoms with Crippen molar-refractivity contribution in [3.63, 3.8) is 0 Å². The molecule has 0 aliphatic rings. The third-order valence-corrected chi connectivity index (χ3v) is 5.43. The van der Waals surface area contributed by atoms with Crippen molar-refractivity contribution in [2.45, 2.75) is 52.6 Å². The lowest BCUT2D eigenvalue weighted by molar-refractivity contribution is 0.444. The summed E-state index contributed by atoms with van der Waals surface area (Å²) in [6.45, 7) is 8.96. The third kappa shape index (κ3) is 3.68. The second-order valence-corrected chi connectivity index (χ2v) is 7.55. The first kappa shape index (κ1) is 14.8. The van der Waals surface area contributed by atoms with Crippen molar-refractivity contribution in [1.29, 1.82) is 0 Å². The maximum Gasteiger partial charge on any atom is 0.0419 e. The van der Waals surface area contributed by atoms with Crippen molar-refractivity contribution in [2.75, 3.05) is 0 Å². The van der Waals surface area contributed by atoms with E-state index in [0.29, 0.717) is 12.1 Å². The smallest absolute Gasteiger partial charge is 0.0419 e. The van der Waals surface area contributed by atoms with E-state index in [0.717, 1.165) is 0 Å². The average molecular weight is 294 g/mol. The zero-order valence-electron chi connectivity index (χ0n) is 12.2. The summed E-state index contributed by atoms with van der Waals surface area (Å²) >= 11 is 3.76. The summed E-state index contributed by atoms with van der Waals surface area (Å²) in [7, 11) is 0. The molecule has 0 saturated heterocycles. The molecule has 0 fully saturated rings. The van der Waals surface area contributed by atoms with Crippen LogP contribution in [0.15, 0.2) is 23.6 Å². The van der Waals surface area contributed by atoms with Crippen molar-refractivity contribution < 1.29 is 0 Å². The van der Waals surface area contributed by atoms with E-state index >= 15 is 0 Å². The number of rotatable bonds is 6. The van der Waals surface area contributed by atoms with Gasteiger partial charge in [0.25, 0.3) is 0 Å². The zero-order chi connectivity index (χ0) is 13.8. The summed E-state index contributed by atoms with van der Waals surface area (Å²) in [5.74, 6) is 0. The Balaban J connectivity index is 2.11. The van der Waals surface area contributed by atoms with Crippen LogP contribution >= 0.6 is 22.7 Å². The normalized spacial score (nSPS) is 14.5. The molecule has 0 bridgehead atoms. The molecule has 2 rings (SSSR count).